The molecule has 96 valence electrons. The van der Waals surface area contributed by atoms with E-state index in [-0.39, 0.29) is 18.2 Å². The molecule has 2 aromatic rings. The monoisotopic (exact) mass is 251 g/mol. The quantitative estimate of drug-likeness (QED) is 0.620. The van der Waals surface area contributed by atoms with Gasteiger partial charge in [0.2, 0.25) is 0 Å². The van der Waals surface area contributed by atoms with Crippen molar-refractivity contribution in [3.8, 4) is 0 Å². The Morgan fingerprint density at radius 2 is 2.39 bits per heavy atom. The van der Waals surface area contributed by atoms with E-state index in [1.807, 2.05) is 6.92 Å². The second kappa shape index (κ2) is 5.01. The number of nitrogens with zero attached hydrogens (tertiary/aromatic N) is 2. The van der Waals surface area contributed by atoms with Crippen molar-refractivity contribution in [3.05, 3.63) is 28.3 Å². The number of aliphatic hydroxyl groups excluding tert-OH is 1. The van der Waals surface area contributed by atoms with Gasteiger partial charge in [-0.1, -0.05) is 6.92 Å². The first-order valence-corrected chi connectivity index (χ1v) is 5.50. The number of aromatic nitrogens is 1. The lowest BCUT2D eigenvalue weighted by Gasteiger charge is -2.06. The Kier molecular flexibility index (Phi) is 3.42. The van der Waals surface area contributed by atoms with Crippen molar-refractivity contribution in [3.63, 3.8) is 0 Å². The van der Waals surface area contributed by atoms with Gasteiger partial charge in [0.15, 0.2) is 5.58 Å². The third kappa shape index (κ3) is 2.57. The molecule has 1 atom stereocenters. The number of aliphatic hydroxyl groups is 1. The lowest BCUT2D eigenvalue weighted by molar-refractivity contribution is -0.384. The van der Waals surface area contributed by atoms with E-state index in [2.05, 4.69) is 10.3 Å². The van der Waals surface area contributed by atoms with E-state index in [9.17, 15) is 10.1 Å². The number of hydrogen-bond acceptors (Lipinski definition) is 6. The lowest BCUT2D eigenvalue weighted by Crippen LogP contribution is -2.14. The average Bonchev–Trinajstić information content (AvgIpc) is 2.77. The molecule has 0 saturated heterocycles. The van der Waals surface area contributed by atoms with Gasteiger partial charge in [-0.3, -0.25) is 10.1 Å². The first kappa shape index (κ1) is 12.3. The molecule has 0 fully saturated rings. The molecular weight excluding hydrogens is 238 g/mol. The van der Waals surface area contributed by atoms with Gasteiger partial charge in [-0.05, 0) is 12.0 Å². The Labute approximate surface area is 103 Å². The number of oxazole rings is 1. The average molecular weight is 251 g/mol. The summed E-state index contributed by atoms with van der Waals surface area (Å²) in [5.41, 5.74) is 0.897. The Balaban J connectivity index is 2.19. The summed E-state index contributed by atoms with van der Waals surface area (Å²) in [6.07, 6.45) is 0. The van der Waals surface area contributed by atoms with E-state index >= 15 is 0 Å². The summed E-state index contributed by atoms with van der Waals surface area (Å²) in [5.74, 6) is 0.0781. The van der Waals surface area contributed by atoms with Gasteiger partial charge in [-0.25, -0.2) is 0 Å². The van der Waals surface area contributed by atoms with Crippen LogP contribution in [0, 0.1) is 16.0 Å². The van der Waals surface area contributed by atoms with Crippen molar-refractivity contribution in [1.29, 1.82) is 0 Å². The van der Waals surface area contributed by atoms with Gasteiger partial charge in [0.05, 0.1) is 4.92 Å². The first-order valence-electron chi connectivity index (χ1n) is 5.50. The second-order valence-corrected chi connectivity index (χ2v) is 4.10. The number of nitrogens with one attached hydrogen (secondary N) is 1. The van der Waals surface area contributed by atoms with Crippen LogP contribution in [0.5, 0.6) is 0 Å². The van der Waals surface area contributed by atoms with Crippen LogP contribution in [0.15, 0.2) is 22.6 Å². The number of rotatable bonds is 5. The van der Waals surface area contributed by atoms with E-state index in [1.54, 1.807) is 0 Å². The summed E-state index contributed by atoms with van der Waals surface area (Å²) in [6.45, 7) is 2.46. The van der Waals surface area contributed by atoms with Crippen molar-refractivity contribution in [2.24, 2.45) is 5.92 Å². The number of anilines is 1. The fraction of sp³-hybridized carbons (Fsp3) is 0.364. The molecule has 1 unspecified atom stereocenters. The topological polar surface area (TPSA) is 101 Å². The van der Waals surface area contributed by atoms with Gasteiger partial charge in [-0.15, -0.1) is 0 Å². The second-order valence-electron chi connectivity index (χ2n) is 4.10. The summed E-state index contributed by atoms with van der Waals surface area (Å²) in [5, 5.41) is 22.4. The number of fused-ring (bicyclic) bond motifs is 1. The highest BCUT2D eigenvalue weighted by Crippen LogP contribution is 2.23. The molecule has 0 amide bonds. The number of nitro benzene ring substituents is 1. The molecule has 0 aliphatic carbocycles. The van der Waals surface area contributed by atoms with Crippen LogP contribution in [0.3, 0.4) is 0 Å². The molecule has 1 heterocycles. The largest absolute Gasteiger partial charge is 0.424 e. The Morgan fingerprint density at radius 1 is 1.61 bits per heavy atom. The minimum absolute atomic E-state index is 0.0222. The first-order chi connectivity index (χ1) is 8.60. The van der Waals surface area contributed by atoms with Crippen molar-refractivity contribution >= 4 is 22.8 Å². The predicted octanol–water partition coefficient (Wildman–Crippen LogP) is 1.78. The maximum atomic E-state index is 10.6. The summed E-state index contributed by atoms with van der Waals surface area (Å²) in [7, 11) is 0. The minimum atomic E-state index is -0.477. The molecule has 0 aliphatic rings. The molecule has 1 aromatic carbocycles. The zero-order valence-electron chi connectivity index (χ0n) is 9.79. The molecule has 0 saturated carbocycles. The maximum Gasteiger partial charge on any atom is 0.295 e. The van der Waals surface area contributed by atoms with Crippen LogP contribution >= 0.6 is 0 Å². The van der Waals surface area contributed by atoms with Crippen molar-refractivity contribution in [2.45, 2.75) is 6.92 Å². The van der Waals surface area contributed by atoms with Gasteiger partial charge < -0.3 is 14.8 Å². The zero-order valence-corrected chi connectivity index (χ0v) is 9.79. The molecule has 7 nitrogen and oxygen atoms in total. The predicted molar refractivity (Wildman–Crippen MR) is 65.4 cm³/mol. The van der Waals surface area contributed by atoms with Crippen LogP contribution in [-0.2, 0) is 0 Å². The fourth-order valence-electron chi connectivity index (χ4n) is 1.43. The van der Waals surface area contributed by atoms with Crippen molar-refractivity contribution in [1.82, 2.24) is 4.98 Å². The normalized spacial score (nSPS) is 12.6. The smallest absolute Gasteiger partial charge is 0.295 e. The van der Waals surface area contributed by atoms with E-state index in [0.29, 0.717) is 23.7 Å². The van der Waals surface area contributed by atoms with Gasteiger partial charge in [-0.2, -0.15) is 4.98 Å². The zero-order chi connectivity index (χ0) is 13.1. The van der Waals surface area contributed by atoms with Crippen molar-refractivity contribution < 1.29 is 14.4 Å². The maximum absolute atomic E-state index is 10.6. The SMILES string of the molecule is CC(CO)CNc1nc2cc([N+](=O)[O-])ccc2o1. The van der Waals surface area contributed by atoms with Crippen LogP contribution in [0.25, 0.3) is 11.1 Å². The molecule has 0 radical (unpaired) electrons. The third-order valence-corrected chi connectivity index (χ3v) is 2.50. The Hall–Kier alpha value is -2.15. The van der Waals surface area contributed by atoms with Gasteiger partial charge in [0.1, 0.15) is 5.52 Å². The molecule has 0 spiro atoms. The molecule has 7 heteroatoms. The van der Waals surface area contributed by atoms with Crippen molar-refractivity contribution in [2.75, 3.05) is 18.5 Å². The van der Waals surface area contributed by atoms with Crippen LogP contribution in [0.1, 0.15) is 6.92 Å². The third-order valence-electron chi connectivity index (χ3n) is 2.50. The van der Waals surface area contributed by atoms with Crippen LogP contribution in [-0.4, -0.2) is 28.2 Å². The van der Waals surface area contributed by atoms with Crippen LogP contribution in [0.4, 0.5) is 11.7 Å². The Bertz CT molecular complexity index is 566. The molecule has 0 aliphatic heterocycles. The molecule has 1 aromatic heterocycles. The van der Waals surface area contributed by atoms with Gasteiger partial charge in [0, 0.05) is 25.3 Å². The summed E-state index contributed by atoms with van der Waals surface area (Å²) < 4.78 is 5.37. The molecule has 0 bridgehead atoms. The van der Waals surface area contributed by atoms with E-state index < -0.39 is 4.92 Å². The fourth-order valence-corrected chi connectivity index (χ4v) is 1.43. The number of nitro groups is 1. The Morgan fingerprint density at radius 3 is 3.06 bits per heavy atom. The molecule has 18 heavy (non-hydrogen) atoms. The van der Waals surface area contributed by atoms with Gasteiger partial charge in [0.25, 0.3) is 11.7 Å². The number of non-ortho nitro benzene ring substituents is 1. The standard InChI is InChI=1S/C11H13N3O4/c1-7(6-15)5-12-11-13-9-4-8(14(16)17)2-3-10(9)18-11/h2-4,7,15H,5-6H2,1H3,(H,12,13). The highest BCUT2D eigenvalue weighted by atomic mass is 16.6. The summed E-state index contributed by atoms with van der Waals surface area (Å²) in [6, 6.07) is 4.54. The molecule has 2 N–H and O–H groups in total. The summed E-state index contributed by atoms with van der Waals surface area (Å²) in [4.78, 5) is 14.2. The summed E-state index contributed by atoms with van der Waals surface area (Å²) >= 11 is 0. The lowest BCUT2D eigenvalue weighted by atomic mass is 10.2. The molecular formula is C11H13N3O4. The van der Waals surface area contributed by atoms with Gasteiger partial charge >= 0.3 is 0 Å². The van der Waals surface area contributed by atoms with E-state index in [0.717, 1.165) is 0 Å². The number of benzene rings is 1. The number of hydrogen-bond donors (Lipinski definition) is 2. The minimum Gasteiger partial charge on any atom is -0.424 e. The highest BCUT2D eigenvalue weighted by Gasteiger charge is 2.11. The van der Waals surface area contributed by atoms with Crippen LogP contribution < -0.4 is 5.32 Å². The highest BCUT2D eigenvalue weighted by molar-refractivity contribution is 5.77. The molecule has 2 rings (SSSR count). The van der Waals surface area contributed by atoms with Crippen LogP contribution in [0.2, 0.25) is 0 Å². The van der Waals surface area contributed by atoms with E-state index in [1.165, 1.54) is 18.2 Å². The van der Waals surface area contributed by atoms with E-state index in [4.69, 9.17) is 9.52 Å².